The molecule has 0 aliphatic carbocycles. The maximum Gasteiger partial charge on any atom is 0.338 e. The zero-order valence-electron chi connectivity index (χ0n) is 20.3. The Labute approximate surface area is 200 Å². The van der Waals surface area contributed by atoms with E-state index in [0.717, 1.165) is 24.0 Å². The summed E-state index contributed by atoms with van der Waals surface area (Å²) in [4.78, 5) is 12.7. The van der Waals surface area contributed by atoms with Crippen LogP contribution in [0, 0.1) is 0 Å². The molecule has 3 rings (SSSR count). The van der Waals surface area contributed by atoms with Crippen molar-refractivity contribution >= 4 is 5.97 Å². The monoisotopic (exact) mass is 442 g/mol. The van der Waals surface area contributed by atoms with Crippen molar-refractivity contribution in [3.05, 3.63) is 95.6 Å². The zero-order valence-corrected chi connectivity index (χ0v) is 20.3. The van der Waals surface area contributed by atoms with E-state index in [9.17, 15) is 4.79 Å². The lowest BCUT2D eigenvalue weighted by molar-refractivity contribution is 0.0288. The van der Waals surface area contributed by atoms with E-state index in [0.29, 0.717) is 5.56 Å². The third kappa shape index (κ3) is 7.89. The molecular weight excluding hydrogens is 404 g/mol. The Morgan fingerprint density at radius 3 is 1.88 bits per heavy atom. The number of carbonyl (C=O) groups excluding carboxylic acids is 1. The second-order valence-corrected chi connectivity index (χ2v) is 8.86. The maximum atomic E-state index is 12.7. The molecule has 0 aliphatic heterocycles. The zero-order chi connectivity index (χ0) is 23.3. The Bertz CT molecular complexity index is 942. The van der Waals surface area contributed by atoms with Gasteiger partial charge < -0.3 is 4.74 Å². The first-order valence-electron chi connectivity index (χ1n) is 12.7. The summed E-state index contributed by atoms with van der Waals surface area (Å²) in [5.74, 6) is -0.276. The third-order valence-corrected chi connectivity index (χ3v) is 6.27. The van der Waals surface area contributed by atoms with E-state index >= 15 is 0 Å². The number of carbonyl (C=O) groups is 1. The largest absolute Gasteiger partial charge is 0.454 e. The highest BCUT2D eigenvalue weighted by Crippen LogP contribution is 2.24. The Balaban J connectivity index is 1.50. The summed E-state index contributed by atoms with van der Waals surface area (Å²) in [6, 6.07) is 26.5. The van der Waals surface area contributed by atoms with Gasteiger partial charge in [-0.25, -0.2) is 4.79 Å². The normalized spacial score (nSPS) is 11.8. The molecule has 1 unspecified atom stereocenters. The van der Waals surface area contributed by atoms with Crippen LogP contribution in [-0.2, 0) is 11.2 Å². The third-order valence-electron chi connectivity index (χ3n) is 6.27. The lowest BCUT2D eigenvalue weighted by Gasteiger charge is -2.16. The molecule has 0 saturated carbocycles. The smallest absolute Gasteiger partial charge is 0.338 e. The molecule has 0 heterocycles. The molecule has 0 radical (unpaired) electrons. The van der Waals surface area contributed by atoms with Gasteiger partial charge in [-0.1, -0.05) is 119 Å². The van der Waals surface area contributed by atoms with Gasteiger partial charge in [0.25, 0.3) is 0 Å². The second-order valence-electron chi connectivity index (χ2n) is 8.86. The molecule has 0 bridgehead atoms. The van der Waals surface area contributed by atoms with Gasteiger partial charge >= 0.3 is 5.97 Å². The van der Waals surface area contributed by atoms with Crippen LogP contribution >= 0.6 is 0 Å². The molecule has 3 aromatic carbocycles. The highest BCUT2D eigenvalue weighted by molar-refractivity contribution is 5.90. The maximum absolute atomic E-state index is 12.7. The summed E-state index contributed by atoms with van der Waals surface area (Å²) in [6.07, 6.45) is 11.1. The van der Waals surface area contributed by atoms with Gasteiger partial charge in [0, 0.05) is 0 Å². The molecule has 0 spiro atoms. The van der Waals surface area contributed by atoms with Crippen LogP contribution in [0.25, 0.3) is 11.1 Å². The van der Waals surface area contributed by atoms with Crippen molar-refractivity contribution in [2.24, 2.45) is 0 Å². The minimum atomic E-state index is -0.276. The van der Waals surface area contributed by atoms with E-state index in [1.54, 1.807) is 0 Å². The van der Waals surface area contributed by atoms with Crippen molar-refractivity contribution in [2.45, 2.75) is 77.7 Å². The summed E-state index contributed by atoms with van der Waals surface area (Å²) in [5, 5.41) is 0. The molecule has 0 fully saturated rings. The van der Waals surface area contributed by atoms with Crippen molar-refractivity contribution in [3.8, 4) is 11.1 Å². The standard InChI is InChI=1S/C31H38O2/c1-3-5-6-7-8-9-11-14-25-17-19-26(20-18-25)27-21-23-29(24-22-27)31(32)33-30(4-2)28-15-12-10-13-16-28/h10,12-13,15-24,30H,3-9,11,14H2,1-2H3. The number of hydrogen-bond donors (Lipinski definition) is 0. The van der Waals surface area contributed by atoms with Gasteiger partial charge in [0.1, 0.15) is 6.10 Å². The first kappa shape index (κ1) is 24.8. The number of esters is 1. The van der Waals surface area contributed by atoms with E-state index in [-0.39, 0.29) is 12.1 Å². The quantitative estimate of drug-likeness (QED) is 0.195. The minimum Gasteiger partial charge on any atom is -0.454 e. The lowest BCUT2D eigenvalue weighted by Crippen LogP contribution is -2.11. The van der Waals surface area contributed by atoms with Gasteiger partial charge in [0.05, 0.1) is 5.56 Å². The van der Waals surface area contributed by atoms with Crippen LogP contribution in [0.1, 0.15) is 92.8 Å². The van der Waals surface area contributed by atoms with Gasteiger partial charge in [-0.2, -0.15) is 0 Å². The lowest BCUT2D eigenvalue weighted by atomic mass is 10.00. The minimum absolute atomic E-state index is 0.220. The molecule has 0 aliphatic rings. The summed E-state index contributed by atoms with van der Waals surface area (Å²) in [7, 11) is 0. The Morgan fingerprint density at radius 1 is 0.697 bits per heavy atom. The van der Waals surface area contributed by atoms with Crippen LogP contribution < -0.4 is 0 Å². The SMILES string of the molecule is CCCCCCCCCc1ccc(-c2ccc(C(=O)OC(CC)c3ccccc3)cc2)cc1. The van der Waals surface area contributed by atoms with Gasteiger partial charge in [-0.15, -0.1) is 0 Å². The average Bonchev–Trinajstić information content (AvgIpc) is 2.87. The average molecular weight is 443 g/mol. The molecule has 3 aromatic rings. The predicted molar refractivity (Wildman–Crippen MR) is 138 cm³/mol. The van der Waals surface area contributed by atoms with Crippen LogP contribution in [0.3, 0.4) is 0 Å². The number of benzene rings is 3. The number of aryl methyl sites for hydroxylation is 1. The molecule has 0 aromatic heterocycles. The van der Waals surface area contributed by atoms with Gasteiger partial charge in [-0.3, -0.25) is 0 Å². The topological polar surface area (TPSA) is 26.3 Å². The fraction of sp³-hybridized carbons (Fsp3) is 0.387. The molecule has 2 nitrogen and oxygen atoms in total. The number of unbranched alkanes of at least 4 members (excludes halogenated alkanes) is 6. The van der Waals surface area contributed by atoms with Gasteiger partial charge in [0.2, 0.25) is 0 Å². The summed E-state index contributed by atoms with van der Waals surface area (Å²) < 4.78 is 5.77. The number of hydrogen-bond acceptors (Lipinski definition) is 2. The van der Waals surface area contributed by atoms with Crippen LogP contribution in [-0.4, -0.2) is 5.97 Å². The molecular formula is C31H38O2. The van der Waals surface area contributed by atoms with Crippen molar-refractivity contribution < 1.29 is 9.53 Å². The van der Waals surface area contributed by atoms with Crippen molar-refractivity contribution in [1.82, 2.24) is 0 Å². The molecule has 2 heteroatoms. The highest BCUT2D eigenvalue weighted by Gasteiger charge is 2.16. The van der Waals surface area contributed by atoms with E-state index in [2.05, 4.69) is 31.2 Å². The Hall–Kier alpha value is -2.87. The van der Waals surface area contributed by atoms with Crippen LogP contribution in [0.2, 0.25) is 0 Å². The van der Waals surface area contributed by atoms with Crippen molar-refractivity contribution in [2.75, 3.05) is 0 Å². The fourth-order valence-corrected chi connectivity index (χ4v) is 4.20. The van der Waals surface area contributed by atoms with E-state index in [1.165, 1.54) is 56.1 Å². The summed E-state index contributed by atoms with van der Waals surface area (Å²) in [6.45, 7) is 4.30. The Morgan fingerprint density at radius 2 is 1.27 bits per heavy atom. The van der Waals surface area contributed by atoms with Gasteiger partial charge in [-0.05, 0) is 53.6 Å². The molecule has 0 saturated heterocycles. The van der Waals surface area contributed by atoms with E-state index < -0.39 is 0 Å². The van der Waals surface area contributed by atoms with Crippen molar-refractivity contribution in [3.63, 3.8) is 0 Å². The van der Waals surface area contributed by atoms with Crippen LogP contribution in [0.15, 0.2) is 78.9 Å². The first-order chi connectivity index (χ1) is 16.2. The number of rotatable bonds is 13. The predicted octanol–water partition coefficient (Wildman–Crippen LogP) is 8.95. The van der Waals surface area contributed by atoms with E-state index in [4.69, 9.17) is 4.74 Å². The van der Waals surface area contributed by atoms with Crippen LogP contribution in [0.5, 0.6) is 0 Å². The van der Waals surface area contributed by atoms with E-state index in [1.807, 2.05) is 61.5 Å². The summed E-state index contributed by atoms with van der Waals surface area (Å²) >= 11 is 0. The molecule has 0 amide bonds. The fourth-order valence-electron chi connectivity index (χ4n) is 4.20. The summed E-state index contributed by atoms with van der Waals surface area (Å²) in [5.41, 5.74) is 5.31. The molecule has 0 N–H and O–H groups in total. The molecule has 1 atom stereocenters. The molecule has 174 valence electrons. The van der Waals surface area contributed by atoms with Crippen molar-refractivity contribution in [1.29, 1.82) is 0 Å². The van der Waals surface area contributed by atoms with Crippen LogP contribution in [0.4, 0.5) is 0 Å². The Kier molecular flexibility index (Phi) is 10.2. The first-order valence-corrected chi connectivity index (χ1v) is 12.7. The second kappa shape index (κ2) is 13.6. The highest BCUT2D eigenvalue weighted by atomic mass is 16.5. The van der Waals surface area contributed by atoms with Gasteiger partial charge in [0.15, 0.2) is 0 Å². The number of ether oxygens (including phenoxy) is 1. The molecule has 33 heavy (non-hydrogen) atoms.